The van der Waals surface area contributed by atoms with Crippen molar-refractivity contribution in [3.8, 4) is 5.75 Å². The van der Waals surface area contributed by atoms with Gasteiger partial charge in [-0.15, -0.1) is 0 Å². The first-order valence-electron chi connectivity index (χ1n) is 5.98. The molecule has 0 aromatic heterocycles. The van der Waals surface area contributed by atoms with Gasteiger partial charge >= 0.3 is 0 Å². The van der Waals surface area contributed by atoms with E-state index >= 15 is 0 Å². The highest BCUT2D eigenvalue weighted by Crippen LogP contribution is 2.23. The van der Waals surface area contributed by atoms with E-state index in [1.54, 1.807) is 0 Å². The van der Waals surface area contributed by atoms with E-state index in [2.05, 4.69) is 4.72 Å². The molecule has 1 aromatic rings. The molecule has 1 heterocycles. The number of rotatable bonds is 4. The van der Waals surface area contributed by atoms with Crippen LogP contribution in [0, 0.1) is 5.92 Å². The first kappa shape index (κ1) is 15.1. The van der Waals surface area contributed by atoms with Crippen LogP contribution in [-0.2, 0) is 19.9 Å². The van der Waals surface area contributed by atoms with Crippen molar-refractivity contribution < 1.29 is 21.9 Å². The molecular weight excluding hydrogens is 304 g/mol. The minimum absolute atomic E-state index is 0.00718. The number of benzene rings is 1. The number of nitrogen functional groups attached to an aromatic ring is 1. The van der Waals surface area contributed by atoms with E-state index in [1.165, 1.54) is 12.1 Å². The van der Waals surface area contributed by atoms with Crippen molar-refractivity contribution in [3.63, 3.8) is 0 Å². The topological polar surface area (TPSA) is 127 Å². The zero-order valence-electron chi connectivity index (χ0n) is 10.6. The maximum atomic E-state index is 12.0. The predicted octanol–water partition coefficient (Wildman–Crippen LogP) is -0.313. The molecule has 0 amide bonds. The monoisotopic (exact) mass is 320 g/mol. The minimum atomic E-state index is -3.76. The normalized spacial score (nSPS) is 21.9. The summed E-state index contributed by atoms with van der Waals surface area (Å²) in [4.78, 5) is -0.0614. The van der Waals surface area contributed by atoms with E-state index in [1.807, 2.05) is 0 Å². The minimum Gasteiger partial charge on any atom is -0.506 e. The van der Waals surface area contributed by atoms with Crippen LogP contribution in [0.15, 0.2) is 23.1 Å². The molecule has 1 unspecified atom stereocenters. The zero-order chi connectivity index (χ0) is 15.0. The van der Waals surface area contributed by atoms with Gasteiger partial charge in [0.05, 0.1) is 22.1 Å². The lowest BCUT2D eigenvalue weighted by atomic mass is 10.1. The molecule has 112 valence electrons. The van der Waals surface area contributed by atoms with Gasteiger partial charge in [-0.1, -0.05) is 0 Å². The molecule has 0 radical (unpaired) electrons. The molecule has 0 aliphatic carbocycles. The summed E-state index contributed by atoms with van der Waals surface area (Å²) in [6, 6.07) is 3.59. The summed E-state index contributed by atoms with van der Waals surface area (Å²) in [5, 5.41) is 9.26. The van der Waals surface area contributed by atoms with Gasteiger partial charge in [0.2, 0.25) is 10.0 Å². The molecule has 1 aromatic carbocycles. The summed E-state index contributed by atoms with van der Waals surface area (Å²) in [7, 11) is -6.79. The second-order valence-electron chi connectivity index (χ2n) is 4.84. The fraction of sp³-hybridized carbons (Fsp3) is 0.455. The Kier molecular flexibility index (Phi) is 3.94. The van der Waals surface area contributed by atoms with Gasteiger partial charge in [0.25, 0.3) is 0 Å². The van der Waals surface area contributed by atoms with Crippen molar-refractivity contribution in [2.75, 3.05) is 23.8 Å². The number of phenols is 1. The van der Waals surface area contributed by atoms with Gasteiger partial charge < -0.3 is 10.8 Å². The third-order valence-corrected chi connectivity index (χ3v) is 6.46. The van der Waals surface area contributed by atoms with Crippen molar-refractivity contribution >= 4 is 25.5 Å². The molecule has 1 aliphatic heterocycles. The first-order chi connectivity index (χ1) is 9.20. The van der Waals surface area contributed by atoms with Crippen molar-refractivity contribution in [1.29, 1.82) is 0 Å². The molecule has 1 saturated heterocycles. The van der Waals surface area contributed by atoms with Gasteiger partial charge in [-0.05, 0) is 30.5 Å². The Balaban J connectivity index is 2.06. The van der Waals surface area contributed by atoms with Crippen molar-refractivity contribution in [3.05, 3.63) is 18.2 Å². The van der Waals surface area contributed by atoms with Gasteiger partial charge in [0.1, 0.15) is 5.75 Å². The van der Waals surface area contributed by atoms with Gasteiger partial charge in [-0.3, -0.25) is 0 Å². The highest BCUT2D eigenvalue weighted by atomic mass is 32.2. The molecular formula is C11H16N2O5S2. The summed E-state index contributed by atoms with van der Waals surface area (Å²) in [6.07, 6.45) is 0.461. The van der Waals surface area contributed by atoms with E-state index in [9.17, 15) is 21.9 Å². The quantitative estimate of drug-likeness (QED) is 0.516. The molecule has 0 spiro atoms. The third kappa shape index (κ3) is 3.41. The van der Waals surface area contributed by atoms with Crippen LogP contribution < -0.4 is 10.5 Å². The summed E-state index contributed by atoms with van der Waals surface area (Å²) in [5.74, 6) is -0.284. The Morgan fingerprint density at radius 2 is 2.10 bits per heavy atom. The van der Waals surface area contributed by atoms with Crippen LogP contribution in [0.2, 0.25) is 0 Å². The zero-order valence-corrected chi connectivity index (χ0v) is 12.2. The second-order valence-corrected chi connectivity index (χ2v) is 8.84. The lowest BCUT2D eigenvalue weighted by Gasteiger charge is -2.11. The number of anilines is 1. The highest BCUT2D eigenvalue weighted by Gasteiger charge is 2.29. The van der Waals surface area contributed by atoms with Crippen LogP contribution in [0.3, 0.4) is 0 Å². The number of phenolic OH excluding ortho intramolecular Hbond substituents is 1. The summed E-state index contributed by atoms with van der Waals surface area (Å²) >= 11 is 0. The summed E-state index contributed by atoms with van der Waals surface area (Å²) < 4.78 is 49.0. The Labute approximate surface area is 117 Å². The molecule has 1 atom stereocenters. The van der Waals surface area contributed by atoms with Crippen LogP contribution in [0.25, 0.3) is 0 Å². The molecule has 9 heteroatoms. The first-order valence-corrected chi connectivity index (χ1v) is 9.29. The fourth-order valence-corrected chi connectivity index (χ4v) is 5.06. The van der Waals surface area contributed by atoms with Crippen LogP contribution in [0.4, 0.5) is 5.69 Å². The molecule has 4 N–H and O–H groups in total. The molecule has 0 bridgehead atoms. The van der Waals surface area contributed by atoms with E-state index in [-0.39, 0.29) is 40.3 Å². The number of sulfone groups is 1. The average Bonchev–Trinajstić information content (AvgIpc) is 2.70. The van der Waals surface area contributed by atoms with Crippen LogP contribution in [0.5, 0.6) is 5.75 Å². The molecule has 2 rings (SSSR count). The van der Waals surface area contributed by atoms with E-state index in [4.69, 9.17) is 5.73 Å². The summed E-state index contributed by atoms with van der Waals surface area (Å²) in [5.41, 5.74) is 5.42. The van der Waals surface area contributed by atoms with Crippen molar-refractivity contribution in [2.24, 2.45) is 5.92 Å². The van der Waals surface area contributed by atoms with E-state index in [0.29, 0.717) is 6.42 Å². The Morgan fingerprint density at radius 3 is 2.65 bits per heavy atom. The van der Waals surface area contributed by atoms with Crippen molar-refractivity contribution in [1.82, 2.24) is 4.72 Å². The molecule has 20 heavy (non-hydrogen) atoms. The van der Waals surface area contributed by atoms with Crippen LogP contribution >= 0.6 is 0 Å². The summed E-state index contributed by atoms with van der Waals surface area (Å²) in [6.45, 7) is 0.0718. The number of nitrogens with two attached hydrogens (primary N) is 1. The van der Waals surface area contributed by atoms with Gasteiger partial charge in [-0.25, -0.2) is 21.6 Å². The Morgan fingerprint density at radius 1 is 1.40 bits per heavy atom. The lowest BCUT2D eigenvalue weighted by Crippen LogP contribution is -2.30. The molecule has 7 nitrogen and oxygen atoms in total. The predicted molar refractivity (Wildman–Crippen MR) is 74.5 cm³/mol. The number of aromatic hydroxyl groups is 1. The van der Waals surface area contributed by atoms with Gasteiger partial charge in [0.15, 0.2) is 9.84 Å². The molecule has 0 saturated carbocycles. The van der Waals surface area contributed by atoms with Crippen LogP contribution in [-0.4, -0.2) is 40.0 Å². The number of hydrogen-bond donors (Lipinski definition) is 3. The van der Waals surface area contributed by atoms with E-state index in [0.717, 1.165) is 6.07 Å². The van der Waals surface area contributed by atoms with Gasteiger partial charge in [0, 0.05) is 6.54 Å². The lowest BCUT2D eigenvalue weighted by molar-refractivity contribution is 0.477. The van der Waals surface area contributed by atoms with Gasteiger partial charge in [-0.2, -0.15) is 0 Å². The smallest absolute Gasteiger partial charge is 0.240 e. The third-order valence-electron chi connectivity index (χ3n) is 3.20. The molecule has 1 fully saturated rings. The number of hydrogen-bond acceptors (Lipinski definition) is 6. The van der Waals surface area contributed by atoms with E-state index < -0.39 is 19.9 Å². The fourth-order valence-electron chi connectivity index (χ4n) is 2.04. The number of nitrogens with one attached hydrogen (secondary N) is 1. The Hall–Kier alpha value is -1.32. The second kappa shape index (κ2) is 5.23. The number of sulfonamides is 1. The highest BCUT2D eigenvalue weighted by molar-refractivity contribution is 7.91. The van der Waals surface area contributed by atoms with Crippen molar-refractivity contribution in [2.45, 2.75) is 11.3 Å². The Bertz CT molecular complexity index is 712. The maximum absolute atomic E-state index is 12.0. The largest absolute Gasteiger partial charge is 0.506 e. The average molecular weight is 320 g/mol. The standard InChI is InChI=1S/C11H16N2O5S2/c12-10-5-9(1-2-11(10)14)20(17,18)13-6-8-3-4-19(15,16)7-8/h1-2,5,8,13-14H,3-4,6-7,12H2. The maximum Gasteiger partial charge on any atom is 0.240 e. The molecule has 1 aliphatic rings. The SMILES string of the molecule is Nc1cc(S(=O)(=O)NCC2CCS(=O)(=O)C2)ccc1O. The van der Waals surface area contributed by atoms with Crippen LogP contribution in [0.1, 0.15) is 6.42 Å².